The van der Waals surface area contributed by atoms with Crippen molar-refractivity contribution in [1.82, 2.24) is 19.5 Å². The van der Waals surface area contributed by atoms with Crippen LogP contribution in [0.2, 0.25) is 0 Å². The zero-order valence-corrected chi connectivity index (χ0v) is 20.4. The Morgan fingerprint density at radius 1 is 1.21 bits per heavy atom. The number of imide groups is 1. The number of aromatic nitrogens is 4. The fraction of sp³-hybridized carbons (Fsp3) is 0.600. The first-order chi connectivity index (χ1) is 16.1. The molecule has 34 heavy (non-hydrogen) atoms. The van der Waals surface area contributed by atoms with Crippen LogP contribution in [0.15, 0.2) is 12.7 Å². The molecule has 14 heteroatoms. The van der Waals surface area contributed by atoms with Crippen LogP contribution in [0.5, 0.6) is 0 Å². The maximum atomic E-state index is 12.8. The number of ether oxygens (including phenoxy) is 2. The first-order valence-electron chi connectivity index (χ1n) is 10.8. The number of rotatable bonds is 9. The molecule has 1 atom stereocenters. The summed E-state index contributed by atoms with van der Waals surface area (Å²) in [5.74, 6) is -1.45. The number of hydrogen-bond acceptors (Lipinski definition) is 11. The predicted octanol–water partition coefficient (Wildman–Crippen LogP) is 1.90. The lowest BCUT2D eigenvalue weighted by Gasteiger charge is -2.29. The van der Waals surface area contributed by atoms with Crippen LogP contribution < -0.4 is 4.90 Å². The quantitative estimate of drug-likeness (QED) is 0.369. The van der Waals surface area contributed by atoms with Crippen LogP contribution in [0.25, 0.3) is 11.2 Å². The van der Waals surface area contributed by atoms with Crippen molar-refractivity contribution < 1.29 is 37.5 Å². The lowest BCUT2D eigenvalue weighted by molar-refractivity contribution is -0.145. The Kier molecular flexibility index (Phi) is 8.47. The lowest BCUT2D eigenvalue weighted by atomic mass is 10.1. The van der Waals surface area contributed by atoms with E-state index in [-0.39, 0.29) is 43.7 Å². The van der Waals surface area contributed by atoms with E-state index in [0.29, 0.717) is 24.3 Å². The highest BCUT2D eigenvalue weighted by Gasteiger charge is 2.34. The van der Waals surface area contributed by atoms with Crippen LogP contribution in [-0.4, -0.2) is 69.6 Å². The Balaban J connectivity index is 1.59. The lowest BCUT2D eigenvalue weighted by Crippen LogP contribution is -2.34. The van der Waals surface area contributed by atoms with Gasteiger partial charge in [-0.3, -0.25) is 18.9 Å². The standard InChI is InChI=1S/C20H28N5O8P/c1-5-30-17(28)6-16-8-32-34(29,33-9-16)12-31-13(2)7-24-11-23-18-19(24)21-10-22-20(18)25(14(3)26)15(4)27/h10-11,13,16H,5-9,12H2,1-4H3/t13-,16?,34?/m1/s1. The number of imidazole rings is 1. The number of carbonyl (C=O) groups is 3. The Hall–Kier alpha value is -2.73. The molecule has 2 aromatic heterocycles. The van der Waals surface area contributed by atoms with E-state index in [1.54, 1.807) is 18.4 Å². The van der Waals surface area contributed by atoms with Crippen LogP contribution >= 0.6 is 7.60 Å². The van der Waals surface area contributed by atoms with Gasteiger partial charge in [-0.25, -0.2) is 19.9 Å². The number of carbonyl (C=O) groups excluding carboxylic acids is 3. The minimum absolute atomic E-state index is 0.100. The molecule has 13 nitrogen and oxygen atoms in total. The van der Waals surface area contributed by atoms with Crippen molar-refractivity contribution in [2.24, 2.45) is 5.92 Å². The van der Waals surface area contributed by atoms with E-state index >= 15 is 0 Å². The summed E-state index contributed by atoms with van der Waals surface area (Å²) in [6.07, 6.45) is 2.19. The number of anilines is 1. The van der Waals surface area contributed by atoms with E-state index in [0.717, 1.165) is 4.90 Å². The molecule has 3 rings (SSSR count). The summed E-state index contributed by atoms with van der Waals surface area (Å²) in [5.41, 5.74) is 0.700. The highest BCUT2D eigenvalue weighted by Crippen LogP contribution is 2.51. The number of amides is 2. The van der Waals surface area contributed by atoms with Gasteiger partial charge in [0.2, 0.25) is 11.8 Å². The van der Waals surface area contributed by atoms with Crippen molar-refractivity contribution >= 4 is 42.4 Å². The second-order valence-electron chi connectivity index (χ2n) is 7.82. The highest BCUT2D eigenvalue weighted by molar-refractivity contribution is 7.53. The van der Waals surface area contributed by atoms with E-state index < -0.39 is 25.5 Å². The predicted molar refractivity (Wildman–Crippen MR) is 119 cm³/mol. The largest absolute Gasteiger partial charge is 0.466 e. The summed E-state index contributed by atoms with van der Waals surface area (Å²) >= 11 is 0. The van der Waals surface area contributed by atoms with E-state index in [1.165, 1.54) is 26.5 Å². The summed E-state index contributed by atoms with van der Waals surface area (Å²) in [7, 11) is -3.45. The molecule has 3 heterocycles. The summed E-state index contributed by atoms with van der Waals surface area (Å²) in [4.78, 5) is 48.8. The minimum Gasteiger partial charge on any atom is -0.466 e. The second-order valence-corrected chi connectivity index (χ2v) is 9.82. The first kappa shape index (κ1) is 25.9. The summed E-state index contributed by atoms with van der Waals surface area (Å²) in [6, 6.07) is 0. The molecule has 1 aliphatic heterocycles. The summed E-state index contributed by atoms with van der Waals surface area (Å²) in [6.45, 7) is 6.83. The highest BCUT2D eigenvalue weighted by atomic mass is 31.2. The number of esters is 1. The van der Waals surface area contributed by atoms with Crippen molar-refractivity contribution in [3.63, 3.8) is 0 Å². The molecule has 0 aromatic carbocycles. The third-order valence-electron chi connectivity index (χ3n) is 4.97. The molecule has 186 valence electrons. The van der Waals surface area contributed by atoms with Gasteiger partial charge in [-0.2, -0.15) is 0 Å². The van der Waals surface area contributed by atoms with Gasteiger partial charge in [-0.15, -0.1) is 0 Å². The van der Waals surface area contributed by atoms with Gasteiger partial charge in [0.1, 0.15) is 12.7 Å². The smallest absolute Gasteiger partial charge is 0.356 e. The zero-order chi connectivity index (χ0) is 24.9. The molecule has 0 bridgehead atoms. The van der Waals surface area contributed by atoms with Crippen LogP contribution in [0, 0.1) is 5.92 Å². The Labute approximate surface area is 196 Å². The molecule has 0 aliphatic carbocycles. The van der Waals surface area contributed by atoms with Gasteiger partial charge in [0, 0.05) is 19.8 Å². The van der Waals surface area contributed by atoms with Gasteiger partial charge in [-0.1, -0.05) is 0 Å². The van der Waals surface area contributed by atoms with Gasteiger partial charge in [0.15, 0.2) is 17.0 Å². The SMILES string of the molecule is CCOC(=O)CC1COP(=O)(CO[C@H](C)Cn2cnc3c(N(C(C)=O)C(C)=O)ncnc32)OC1. The van der Waals surface area contributed by atoms with Crippen LogP contribution in [-0.2, 0) is 44.0 Å². The van der Waals surface area contributed by atoms with Gasteiger partial charge < -0.3 is 23.1 Å². The molecule has 0 unspecified atom stereocenters. The van der Waals surface area contributed by atoms with E-state index in [9.17, 15) is 18.9 Å². The van der Waals surface area contributed by atoms with Crippen molar-refractivity contribution in [1.29, 1.82) is 0 Å². The third-order valence-corrected chi connectivity index (χ3v) is 6.52. The maximum Gasteiger partial charge on any atom is 0.356 e. The molecule has 2 amide bonds. The molecule has 0 saturated carbocycles. The number of fused-ring (bicyclic) bond motifs is 1. The van der Waals surface area contributed by atoms with Gasteiger partial charge in [-0.05, 0) is 13.8 Å². The maximum absolute atomic E-state index is 12.8. The Bertz CT molecular complexity index is 1080. The molecular weight excluding hydrogens is 469 g/mol. The average molecular weight is 497 g/mol. The Morgan fingerprint density at radius 3 is 2.50 bits per heavy atom. The molecular formula is C20H28N5O8P. The zero-order valence-electron chi connectivity index (χ0n) is 19.5. The van der Waals surface area contributed by atoms with Gasteiger partial charge in [0.05, 0.1) is 45.2 Å². The number of nitrogens with zero attached hydrogens (tertiary/aromatic N) is 5. The fourth-order valence-corrected chi connectivity index (χ4v) is 4.94. The topological polar surface area (TPSA) is 152 Å². The molecule has 0 N–H and O–H groups in total. The number of hydrogen-bond donors (Lipinski definition) is 0. The van der Waals surface area contributed by atoms with Gasteiger partial charge >= 0.3 is 13.6 Å². The van der Waals surface area contributed by atoms with Crippen molar-refractivity contribution in [2.75, 3.05) is 31.1 Å². The third kappa shape index (κ3) is 6.23. The summed E-state index contributed by atoms with van der Waals surface area (Å²) in [5, 5.41) is 0. The second kappa shape index (κ2) is 11.1. The van der Waals surface area contributed by atoms with Crippen LogP contribution in [0.3, 0.4) is 0 Å². The molecule has 1 saturated heterocycles. The van der Waals surface area contributed by atoms with E-state index in [4.69, 9.17) is 18.5 Å². The van der Waals surface area contributed by atoms with Crippen molar-refractivity contribution in [3.05, 3.63) is 12.7 Å². The molecule has 1 fully saturated rings. The molecule has 0 radical (unpaired) electrons. The van der Waals surface area contributed by atoms with Crippen LogP contribution in [0.4, 0.5) is 5.82 Å². The van der Waals surface area contributed by atoms with Gasteiger partial charge in [0.25, 0.3) is 0 Å². The normalized spacial score (nSPS) is 21.2. The van der Waals surface area contributed by atoms with E-state index in [1.807, 2.05) is 0 Å². The Morgan fingerprint density at radius 2 is 1.88 bits per heavy atom. The van der Waals surface area contributed by atoms with Crippen LogP contribution in [0.1, 0.15) is 34.1 Å². The average Bonchev–Trinajstić information content (AvgIpc) is 3.18. The van der Waals surface area contributed by atoms with Crippen molar-refractivity contribution in [2.45, 2.75) is 46.8 Å². The fourth-order valence-electron chi connectivity index (χ4n) is 3.41. The first-order valence-corrected chi connectivity index (χ1v) is 12.5. The minimum atomic E-state index is -3.45. The molecule has 1 aliphatic rings. The monoisotopic (exact) mass is 497 g/mol. The van der Waals surface area contributed by atoms with Crippen molar-refractivity contribution in [3.8, 4) is 0 Å². The molecule has 2 aromatic rings. The summed E-state index contributed by atoms with van der Waals surface area (Å²) < 4.78 is 35.8. The molecule has 0 spiro atoms. The van der Waals surface area contributed by atoms with E-state index in [2.05, 4.69) is 15.0 Å².